The summed E-state index contributed by atoms with van der Waals surface area (Å²) in [5.74, 6) is 0. The van der Waals surface area contributed by atoms with E-state index < -0.39 is 0 Å². The molecule has 3 rings (SSSR count). The molecule has 110 valence electrons. The summed E-state index contributed by atoms with van der Waals surface area (Å²) in [6.07, 6.45) is 6.45. The molecule has 2 nitrogen and oxygen atoms in total. The summed E-state index contributed by atoms with van der Waals surface area (Å²) in [7, 11) is 0. The minimum absolute atomic E-state index is 0.644. The van der Waals surface area contributed by atoms with E-state index in [0.29, 0.717) is 18.1 Å². The number of piperidine rings is 2. The molecule has 2 bridgehead atoms. The molecular formula is C16H22BrClN2. The molecule has 0 aromatic heterocycles. The Kier molecular flexibility index (Phi) is 4.58. The van der Waals surface area contributed by atoms with Gasteiger partial charge in [0.25, 0.3) is 0 Å². The second kappa shape index (κ2) is 6.25. The van der Waals surface area contributed by atoms with Crippen molar-refractivity contribution >= 4 is 33.2 Å². The number of hydrogen-bond acceptors (Lipinski definition) is 2. The van der Waals surface area contributed by atoms with E-state index in [1.165, 1.54) is 37.8 Å². The molecule has 2 fully saturated rings. The lowest BCUT2D eigenvalue weighted by atomic mass is 9.81. The van der Waals surface area contributed by atoms with Crippen LogP contribution in [0.5, 0.6) is 0 Å². The first kappa shape index (κ1) is 14.7. The summed E-state index contributed by atoms with van der Waals surface area (Å²) in [6.45, 7) is 3.27. The van der Waals surface area contributed by atoms with Gasteiger partial charge in [-0.15, -0.1) is 0 Å². The van der Waals surface area contributed by atoms with Gasteiger partial charge in [0.1, 0.15) is 0 Å². The number of benzene rings is 1. The van der Waals surface area contributed by atoms with Crippen LogP contribution in [0.15, 0.2) is 22.7 Å². The summed E-state index contributed by atoms with van der Waals surface area (Å²) < 4.78 is 1.05. The maximum Gasteiger partial charge on any atom is 0.0650 e. The Morgan fingerprint density at radius 2 is 2.00 bits per heavy atom. The third kappa shape index (κ3) is 2.86. The van der Waals surface area contributed by atoms with Crippen LogP contribution in [-0.2, 0) is 0 Å². The van der Waals surface area contributed by atoms with E-state index in [0.717, 1.165) is 16.0 Å². The third-order valence-electron chi connectivity index (χ3n) is 4.66. The average molecular weight is 358 g/mol. The molecule has 2 saturated heterocycles. The predicted molar refractivity (Wildman–Crippen MR) is 89.8 cm³/mol. The Morgan fingerprint density at radius 1 is 1.30 bits per heavy atom. The first-order chi connectivity index (χ1) is 9.69. The molecule has 0 spiro atoms. The number of halogens is 2. The van der Waals surface area contributed by atoms with Crippen LogP contribution in [0.1, 0.15) is 39.0 Å². The van der Waals surface area contributed by atoms with Crippen LogP contribution in [-0.4, -0.2) is 24.7 Å². The SMILES string of the molecule is CCNC1CC2CCCC(C1)N2c1ccc(Br)cc1Cl. The maximum absolute atomic E-state index is 6.48. The average Bonchev–Trinajstić information content (AvgIpc) is 2.39. The molecule has 20 heavy (non-hydrogen) atoms. The number of anilines is 1. The fraction of sp³-hybridized carbons (Fsp3) is 0.625. The fourth-order valence-electron chi connectivity index (χ4n) is 3.92. The predicted octanol–water partition coefficient (Wildman–Crippen LogP) is 4.60. The molecule has 2 unspecified atom stereocenters. The van der Waals surface area contributed by atoms with Gasteiger partial charge >= 0.3 is 0 Å². The van der Waals surface area contributed by atoms with Crippen molar-refractivity contribution in [2.24, 2.45) is 0 Å². The van der Waals surface area contributed by atoms with Crippen molar-refractivity contribution in [3.63, 3.8) is 0 Å². The number of rotatable bonds is 3. The maximum atomic E-state index is 6.48. The molecule has 2 aliphatic rings. The highest BCUT2D eigenvalue weighted by Gasteiger charge is 2.38. The van der Waals surface area contributed by atoms with Crippen molar-refractivity contribution in [1.82, 2.24) is 5.32 Å². The van der Waals surface area contributed by atoms with E-state index in [1.54, 1.807) is 0 Å². The van der Waals surface area contributed by atoms with Crippen LogP contribution in [0.2, 0.25) is 5.02 Å². The lowest BCUT2D eigenvalue weighted by Crippen LogP contribution is -2.56. The zero-order chi connectivity index (χ0) is 14.1. The van der Waals surface area contributed by atoms with Gasteiger partial charge < -0.3 is 10.2 Å². The van der Waals surface area contributed by atoms with Crippen molar-refractivity contribution in [2.75, 3.05) is 11.4 Å². The normalized spacial score (nSPS) is 29.6. The van der Waals surface area contributed by atoms with Gasteiger partial charge in [-0.2, -0.15) is 0 Å². The van der Waals surface area contributed by atoms with E-state index in [2.05, 4.69) is 45.2 Å². The highest BCUT2D eigenvalue weighted by atomic mass is 79.9. The zero-order valence-electron chi connectivity index (χ0n) is 11.9. The Bertz CT molecular complexity index is 466. The van der Waals surface area contributed by atoms with Crippen molar-refractivity contribution < 1.29 is 0 Å². The minimum atomic E-state index is 0.644. The van der Waals surface area contributed by atoms with E-state index >= 15 is 0 Å². The van der Waals surface area contributed by atoms with Gasteiger partial charge in [-0.25, -0.2) is 0 Å². The molecule has 0 radical (unpaired) electrons. The van der Waals surface area contributed by atoms with Crippen molar-refractivity contribution in [2.45, 2.75) is 57.2 Å². The van der Waals surface area contributed by atoms with Crippen LogP contribution >= 0.6 is 27.5 Å². The monoisotopic (exact) mass is 356 g/mol. The second-order valence-corrected chi connectivity index (χ2v) is 7.29. The molecule has 2 heterocycles. The van der Waals surface area contributed by atoms with Crippen molar-refractivity contribution in [3.8, 4) is 0 Å². The summed E-state index contributed by atoms with van der Waals surface area (Å²) >= 11 is 9.98. The topological polar surface area (TPSA) is 15.3 Å². The number of nitrogens with one attached hydrogen (secondary N) is 1. The molecule has 1 aromatic rings. The smallest absolute Gasteiger partial charge is 0.0650 e. The first-order valence-corrected chi connectivity index (χ1v) is 8.83. The van der Waals surface area contributed by atoms with Crippen LogP contribution < -0.4 is 10.2 Å². The summed E-state index contributed by atoms with van der Waals surface area (Å²) in [5, 5.41) is 4.51. The highest BCUT2D eigenvalue weighted by Crippen LogP contribution is 2.41. The van der Waals surface area contributed by atoms with Gasteiger partial charge in [0, 0.05) is 22.6 Å². The Balaban J connectivity index is 1.86. The first-order valence-electron chi connectivity index (χ1n) is 7.65. The number of nitrogens with zero attached hydrogens (tertiary/aromatic N) is 1. The lowest BCUT2D eigenvalue weighted by molar-refractivity contribution is 0.247. The van der Waals surface area contributed by atoms with E-state index in [4.69, 9.17) is 11.6 Å². The van der Waals surface area contributed by atoms with Gasteiger partial charge in [0.15, 0.2) is 0 Å². The largest absolute Gasteiger partial charge is 0.364 e. The van der Waals surface area contributed by atoms with Crippen LogP contribution in [0.25, 0.3) is 0 Å². The summed E-state index contributed by atoms with van der Waals surface area (Å²) in [6, 6.07) is 8.26. The van der Waals surface area contributed by atoms with E-state index in [9.17, 15) is 0 Å². The van der Waals surface area contributed by atoms with Gasteiger partial charge in [-0.05, 0) is 56.8 Å². The third-order valence-corrected chi connectivity index (χ3v) is 5.45. The Morgan fingerprint density at radius 3 is 2.60 bits per heavy atom. The van der Waals surface area contributed by atoms with Crippen molar-refractivity contribution in [1.29, 1.82) is 0 Å². The summed E-state index contributed by atoms with van der Waals surface area (Å²) in [5.41, 5.74) is 1.22. The van der Waals surface area contributed by atoms with E-state index in [1.807, 2.05) is 6.07 Å². The van der Waals surface area contributed by atoms with Gasteiger partial charge in [-0.1, -0.05) is 34.5 Å². The standard InChI is InChI=1S/C16H22BrClN2/c1-2-19-12-9-13-4-3-5-14(10-12)20(13)16-7-6-11(17)8-15(16)18/h6-8,12-14,19H,2-5,9-10H2,1H3. The molecule has 1 aromatic carbocycles. The van der Waals surface area contributed by atoms with Gasteiger partial charge in [0.2, 0.25) is 0 Å². The highest BCUT2D eigenvalue weighted by molar-refractivity contribution is 9.10. The van der Waals surface area contributed by atoms with Gasteiger partial charge in [-0.3, -0.25) is 0 Å². The quantitative estimate of drug-likeness (QED) is 0.850. The minimum Gasteiger partial charge on any atom is -0.364 e. The van der Waals surface area contributed by atoms with Crippen molar-refractivity contribution in [3.05, 3.63) is 27.7 Å². The molecule has 4 heteroatoms. The Hall–Kier alpha value is -0.250. The zero-order valence-corrected chi connectivity index (χ0v) is 14.3. The Labute approximate surface area is 135 Å². The fourth-order valence-corrected chi connectivity index (χ4v) is 4.69. The van der Waals surface area contributed by atoms with Gasteiger partial charge in [0.05, 0.1) is 10.7 Å². The molecule has 2 aliphatic heterocycles. The van der Waals surface area contributed by atoms with Crippen LogP contribution in [0, 0.1) is 0 Å². The molecular weight excluding hydrogens is 336 g/mol. The number of fused-ring (bicyclic) bond motifs is 2. The van der Waals surface area contributed by atoms with E-state index in [-0.39, 0.29) is 0 Å². The summed E-state index contributed by atoms with van der Waals surface area (Å²) in [4.78, 5) is 2.60. The lowest BCUT2D eigenvalue weighted by Gasteiger charge is -2.50. The van der Waals surface area contributed by atoms with Crippen LogP contribution in [0.3, 0.4) is 0 Å². The molecule has 0 aliphatic carbocycles. The molecule has 0 amide bonds. The van der Waals surface area contributed by atoms with Crippen LogP contribution in [0.4, 0.5) is 5.69 Å². The molecule has 0 saturated carbocycles. The number of hydrogen-bond donors (Lipinski definition) is 1. The second-order valence-electron chi connectivity index (χ2n) is 5.97. The molecule has 2 atom stereocenters. The molecule has 1 N–H and O–H groups in total.